The first kappa shape index (κ1) is 86.7. The van der Waals surface area contributed by atoms with E-state index in [-0.39, 0.29) is 90.9 Å². The van der Waals surface area contributed by atoms with Gasteiger partial charge in [0, 0.05) is 175 Å². The summed E-state index contributed by atoms with van der Waals surface area (Å²) in [7, 11) is 0. The van der Waals surface area contributed by atoms with Crippen molar-refractivity contribution in [1.82, 2.24) is 80.1 Å². The van der Waals surface area contributed by atoms with Crippen LogP contribution in [0.1, 0.15) is 167 Å². The molecule has 3 unspecified atom stereocenters. The van der Waals surface area contributed by atoms with Gasteiger partial charge in [-0.2, -0.15) is 21.0 Å². The number of fused-ring (bicyclic) bond motifs is 5. The van der Waals surface area contributed by atoms with Crippen molar-refractivity contribution in [3.05, 3.63) is 0 Å². The number of rotatable bonds is 10. The third kappa shape index (κ3) is 21.6. The molecular formula is C83H128ClN21O10. The van der Waals surface area contributed by atoms with Crippen LogP contribution in [-0.2, 0) is 28.8 Å². The van der Waals surface area contributed by atoms with E-state index in [1.807, 2.05) is 39.2 Å². The summed E-state index contributed by atoms with van der Waals surface area (Å²) in [6.07, 6.45) is 25.4. The minimum absolute atomic E-state index is 0. The normalized spacial score (nSPS) is 32.9. The van der Waals surface area contributed by atoms with Crippen molar-refractivity contribution >= 4 is 71.7 Å². The number of carbonyl (C=O) groups excluding carboxylic acids is 10. The number of nitriles is 4. The summed E-state index contributed by atoms with van der Waals surface area (Å²) in [5.74, 6) is 6.59. The van der Waals surface area contributed by atoms with Gasteiger partial charge in [0.05, 0.1) is 50.5 Å². The number of nitrogens with one attached hydrogen (secondary N) is 4. The molecule has 0 aromatic rings. The van der Waals surface area contributed by atoms with Crippen molar-refractivity contribution in [2.45, 2.75) is 209 Å². The van der Waals surface area contributed by atoms with Crippen LogP contribution in [0.4, 0.5) is 19.2 Å². The fourth-order valence-corrected chi connectivity index (χ4v) is 22.4. The second-order valence-electron chi connectivity index (χ2n) is 36.0. The number of hydrogen-bond acceptors (Lipinski definition) is 19. The largest absolute Gasteiger partial charge is 0.326 e. The van der Waals surface area contributed by atoms with Crippen LogP contribution in [0.25, 0.3) is 0 Å². The maximum atomic E-state index is 12.5. The molecule has 0 bridgehead atoms. The summed E-state index contributed by atoms with van der Waals surface area (Å²) in [5, 5.41) is 49.5. The van der Waals surface area contributed by atoms with Crippen LogP contribution in [0.3, 0.4) is 0 Å². The van der Waals surface area contributed by atoms with Crippen molar-refractivity contribution < 1.29 is 47.9 Å². The van der Waals surface area contributed by atoms with E-state index in [2.05, 4.69) is 45.5 Å². The molecule has 32 heteroatoms. The fraction of sp³-hybridized carbons (Fsp3) is 0.831. The predicted octanol–water partition coefficient (Wildman–Crippen LogP) is 4.23. The molecule has 17 atom stereocenters. The van der Waals surface area contributed by atoms with Gasteiger partial charge in [-0.25, -0.2) is 19.2 Å². The topological polar surface area (TPSA) is 379 Å². The molecule has 0 aromatic carbocycles. The highest BCUT2D eigenvalue weighted by Gasteiger charge is 2.49. The van der Waals surface area contributed by atoms with Gasteiger partial charge in [-0.3, -0.25) is 28.8 Å². The van der Waals surface area contributed by atoms with E-state index in [0.717, 1.165) is 272 Å². The molecule has 12 amide bonds. The Bertz CT molecular complexity index is 3260. The number of halogens is 1. The van der Waals surface area contributed by atoms with Gasteiger partial charge in [0.15, 0.2) is 0 Å². The number of carbonyl (C=O) groups is 10. The summed E-state index contributed by atoms with van der Waals surface area (Å²) in [4.78, 5) is 143. The highest BCUT2D eigenvalue weighted by atomic mass is 35.5. The molecule has 632 valence electrons. The molecule has 13 heterocycles. The maximum absolute atomic E-state index is 12.5. The number of nitrogens with zero attached hydrogens (tertiary/aromatic N) is 16. The number of hydrogen-bond donors (Lipinski definition) is 5. The van der Waals surface area contributed by atoms with Crippen molar-refractivity contribution in [1.29, 1.82) is 21.0 Å². The van der Waals surface area contributed by atoms with Gasteiger partial charge >= 0.3 is 24.1 Å². The quantitative estimate of drug-likeness (QED) is 0.204. The van der Waals surface area contributed by atoms with Crippen LogP contribution in [0.2, 0.25) is 0 Å². The van der Waals surface area contributed by atoms with Gasteiger partial charge in [-0.1, -0.05) is 0 Å². The van der Waals surface area contributed by atoms with E-state index >= 15 is 0 Å². The molecule has 18 fully saturated rings. The highest BCUT2D eigenvalue weighted by Crippen LogP contribution is 2.43. The van der Waals surface area contributed by atoms with E-state index in [1.54, 1.807) is 19.6 Å². The Hall–Kier alpha value is -7.65. The van der Waals surface area contributed by atoms with Gasteiger partial charge in [-0.05, 0) is 214 Å². The van der Waals surface area contributed by atoms with E-state index in [0.29, 0.717) is 148 Å². The molecular weight excluding hydrogens is 1490 g/mol. The zero-order chi connectivity index (χ0) is 79.9. The molecule has 13 aliphatic heterocycles. The third-order valence-corrected chi connectivity index (χ3v) is 28.5. The van der Waals surface area contributed by atoms with Crippen LogP contribution in [0.5, 0.6) is 0 Å². The van der Waals surface area contributed by atoms with E-state index < -0.39 is 0 Å². The summed E-state index contributed by atoms with van der Waals surface area (Å²) in [5.41, 5.74) is 5.17. The van der Waals surface area contributed by atoms with E-state index in [4.69, 9.17) is 26.8 Å². The molecule has 5 saturated carbocycles. The smallest absolute Gasteiger partial charge is 0.320 e. The van der Waals surface area contributed by atoms with Crippen LogP contribution in [-0.4, -0.2) is 331 Å². The van der Waals surface area contributed by atoms with E-state index in [9.17, 15) is 47.9 Å². The molecule has 115 heavy (non-hydrogen) atoms. The minimum atomic E-state index is -0.239. The van der Waals surface area contributed by atoms with Crippen molar-refractivity contribution in [2.24, 2.45) is 64.9 Å². The summed E-state index contributed by atoms with van der Waals surface area (Å²) in [6, 6.07) is 9.81. The molecule has 13 saturated heterocycles. The Balaban J connectivity index is 0.000000132. The van der Waals surface area contributed by atoms with Crippen LogP contribution in [0.15, 0.2) is 0 Å². The third-order valence-electron chi connectivity index (χ3n) is 28.5. The Kier molecular flexibility index (Phi) is 31.0. The average Bonchev–Trinajstić information content (AvgIpc) is 1.66. The standard InChI is InChI=1S/3C19H29N5O2.C12H18N2O2.C7H11N3O.C7H11NO.ClH/c3*20-10-17-4-3-7-24(17)18(25)11-21-16-8-14-12-23(13-15(14)9-16)19(26)22-5-1-2-6-22;15-11-5-9-7-14(8-10(9)6-11)12(16)13-3-1-2-4-13;8-4-6-2-1-3-10(6)7(11)5-9;9-7-1-5-3-8-4-6(5)2-7;/h3*14-17,21H,1-9,11-13H2;9-10H,1-8H2;6H,1-3,5,9H2;5-6,8H,1-4H2;1H/t3*14-,15+,16?,17-;9-,10+;6-;5-,6+;/m000.0../s1. The highest BCUT2D eigenvalue weighted by molar-refractivity contribution is 5.86. The number of ketones is 2. The molecule has 18 aliphatic rings. The number of nitrogens with two attached hydrogens (primary N) is 1. The van der Waals surface area contributed by atoms with Crippen molar-refractivity contribution in [3.63, 3.8) is 0 Å². The maximum Gasteiger partial charge on any atom is 0.320 e. The van der Waals surface area contributed by atoms with Gasteiger partial charge in [0.1, 0.15) is 35.7 Å². The molecule has 0 aromatic heterocycles. The lowest BCUT2D eigenvalue weighted by molar-refractivity contribution is -0.131. The summed E-state index contributed by atoms with van der Waals surface area (Å²) < 4.78 is 0. The SMILES string of the molecule is Cl.N#C[C@@H]1CCCN1C(=O)CN.N#C[C@@H]1CCCN1C(=O)CNC1C[C@@H]2CN(C(=O)N3CCCC3)C[C@@H]2C1.N#C[C@@H]1CCCN1C(=O)CNC1C[C@@H]2CN(C(=O)N3CCCC3)C[C@@H]2C1.N#C[C@@H]1CCCN1C(=O)CNC1C[C@@H]2CN(C(=O)N3CCCC3)C[C@@H]2C1.O=C1C[C@@H]2CN(C(=O)N3CCCC3)C[C@@H]2C1.O=C1C[C@H]2CNC[C@H]2C1. The predicted molar refractivity (Wildman–Crippen MR) is 428 cm³/mol. The molecule has 6 N–H and O–H groups in total. The zero-order valence-corrected chi connectivity index (χ0v) is 68.6. The Morgan fingerprint density at radius 1 is 0.322 bits per heavy atom. The number of likely N-dealkylation sites (tertiary alicyclic amines) is 12. The van der Waals surface area contributed by atoms with E-state index in [1.165, 1.54) is 0 Å². The Labute approximate surface area is 686 Å². The van der Waals surface area contributed by atoms with Crippen LogP contribution in [0, 0.1) is 105 Å². The first-order chi connectivity index (χ1) is 55.3. The number of Topliss-reactive ketones (excluding diaryl/α,β-unsaturated/α-hetero) is 2. The van der Waals surface area contributed by atoms with Gasteiger partial charge in [0.25, 0.3) is 0 Å². The molecule has 0 spiro atoms. The van der Waals surface area contributed by atoms with Gasteiger partial charge in [-0.15, -0.1) is 12.4 Å². The molecule has 18 rings (SSSR count). The molecule has 0 radical (unpaired) electrons. The lowest BCUT2D eigenvalue weighted by Crippen LogP contribution is -2.44. The van der Waals surface area contributed by atoms with Crippen molar-refractivity contribution in [2.75, 3.05) is 170 Å². The van der Waals surface area contributed by atoms with Gasteiger partial charge < -0.3 is 85.8 Å². The minimum Gasteiger partial charge on any atom is -0.326 e. The van der Waals surface area contributed by atoms with Gasteiger partial charge in [0.2, 0.25) is 23.6 Å². The second kappa shape index (κ2) is 41.2. The average molecular weight is 1620 g/mol. The Morgan fingerprint density at radius 2 is 0.548 bits per heavy atom. The number of amides is 12. The zero-order valence-electron chi connectivity index (χ0n) is 67.8. The first-order valence-corrected chi connectivity index (χ1v) is 43.9. The lowest BCUT2D eigenvalue weighted by Gasteiger charge is -2.25. The first-order valence-electron chi connectivity index (χ1n) is 43.9. The van der Waals surface area contributed by atoms with Crippen LogP contribution < -0.4 is 27.0 Å². The number of urea groups is 4. The van der Waals surface area contributed by atoms with Crippen LogP contribution >= 0.6 is 12.4 Å². The lowest BCUT2D eigenvalue weighted by atomic mass is 10.0. The Morgan fingerprint density at radius 3 is 0.783 bits per heavy atom. The second-order valence-corrected chi connectivity index (χ2v) is 36.0. The molecule has 5 aliphatic carbocycles. The fourth-order valence-electron chi connectivity index (χ4n) is 22.4. The summed E-state index contributed by atoms with van der Waals surface area (Å²) >= 11 is 0. The monoisotopic (exact) mass is 1610 g/mol. The van der Waals surface area contributed by atoms with Crippen molar-refractivity contribution in [3.8, 4) is 24.3 Å². The molecule has 31 nitrogen and oxygen atoms in total. The summed E-state index contributed by atoms with van der Waals surface area (Å²) in [6.45, 7) is 20.2.